The Labute approximate surface area is 95.7 Å². The average molecular weight is 209 g/mol. The van der Waals surface area contributed by atoms with Gasteiger partial charge in [-0.15, -0.1) is 0 Å². The summed E-state index contributed by atoms with van der Waals surface area (Å²) in [4.78, 5) is 4.26. The molecule has 0 N–H and O–H groups in total. The zero-order valence-electron chi connectivity index (χ0n) is 11.9. The molecular weight excluding hydrogens is 182 g/mol. The van der Waals surface area contributed by atoms with Crippen molar-refractivity contribution in [3.63, 3.8) is 0 Å². The van der Waals surface area contributed by atoms with Crippen LogP contribution in [0.25, 0.3) is 0 Å². The van der Waals surface area contributed by atoms with E-state index in [9.17, 15) is 0 Å². The molecule has 15 heavy (non-hydrogen) atoms. The van der Waals surface area contributed by atoms with Crippen LogP contribution in [0.2, 0.25) is 0 Å². The van der Waals surface area contributed by atoms with Gasteiger partial charge in [0.1, 0.15) is 0 Å². The Morgan fingerprint density at radius 2 is 1.27 bits per heavy atom. The zero-order valence-corrected chi connectivity index (χ0v) is 11.9. The predicted octanol–water partition coefficient (Wildman–Crippen LogP) is 4.49. The van der Waals surface area contributed by atoms with Crippen molar-refractivity contribution < 1.29 is 0 Å². The number of hydrogen-bond acceptors (Lipinski definition) is 1. The molecule has 0 aromatic heterocycles. The van der Waals surface area contributed by atoms with Crippen molar-refractivity contribution in [2.45, 2.75) is 55.4 Å². The first-order chi connectivity index (χ1) is 6.55. The fourth-order valence-electron chi connectivity index (χ4n) is 1.47. The summed E-state index contributed by atoms with van der Waals surface area (Å²) in [5.74, 6) is 0. The van der Waals surface area contributed by atoms with Crippen LogP contribution in [0.5, 0.6) is 0 Å². The molecular formula is C14H27N. The quantitative estimate of drug-likeness (QED) is 0.594. The molecule has 0 aromatic rings. The van der Waals surface area contributed by atoms with Gasteiger partial charge in [0.2, 0.25) is 0 Å². The lowest BCUT2D eigenvalue weighted by molar-refractivity contribution is 0.176. The summed E-state index contributed by atoms with van der Waals surface area (Å²) in [6.07, 6.45) is 0. The van der Waals surface area contributed by atoms with E-state index in [-0.39, 0.29) is 10.8 Å². The monoisotopic (exact) mass is 209 g/mol. The maximum absolute atomic E-state index is 4.26. The molecule has 0 unspecified atom stereocenters. The summed E-state index contributed by atoms with van der Waals surface area (Å²) < 4.78 is 0. The van der Waals surface area contributed by atoms with E-state index in [0.29, 0.717) is 0 Å². The molecule has 0 bridgehead atoms. The van der Waals surface area contributed by atoms with Crippen LogP contribution >= 0.6 is 0 Å². The predicted molar refractivity (Wildman–Crippen MR) is 70.6 cm³/mol. The summed E-state index contributed by atoms with van der Waals surface area (Å²) in [5.41, 5.74) is 4.38. The highest BCUT2D eigenvalue weighted by atomic mass is 14.7. The van der Waals surface area contributed by atoms with E-state index < -0.39 is 0 Å². The lowest BCUT2D eigenvalue weighted by atomic mass is 9.64. The molecule has 0 rings (SSSR count). The normalized spacial score (nSPS) is 16.5. The lowest BCUT2D eigenvalue weighted by Crippen LogP contribution is -2.31. The molecule has 0 fully saturated rings. The van der Waals surface area contributed by atoms with Crippen molar-refractivity contribution in [1.29, 1.82) is 0 Å². The van der Waals surface area contributed by atoms with Crippen LogP contribution in [0, 0.1) is 10.8 Å². The molecule has 0 saturated carbocycles. The Hall–Kier alpha value is -0.590. The molecule has 0 radical (unpaired) electrons. The molecule has 88 valence electrons. The lowest BCUT2D eigenvalue weighted by Gasteiger charge is -2.41. The van der Waals surface area contributed by atoms with Crippen molar-refractivity contribution in [1.82, 2.24) is 0 Å². The number of aliphatic imine (C=N–C) groups is 1. The second-order valence-electron chi connectivity index (χ2n) is 5.93. The smallest absolute Gasteiger partial charge is 0.0342 e. The third-order valence-corrected chi connectivity index (χ3v) is 4.25. The summed E-state index contributed by atoms with van der Waals surface area (Å²) in [7, 11) is 1.86. The highest BCUT2D eigenvalue weighted by Gasteiger charge is 2.35. The third kappa shape index (κ3) is 2.93. The molecule has 0 atom stereocenters. The topological polar surface area (TPSA) is 12.4 Å². The molecule has 0 spiro atoms. The maximum atomic E-state index is 4.26. The van der Waals surface area contributed by atoms with Crippen molar-refractivity contribution in [2.75, 3.05) is 7.05 Å². The Kier molecular flexibility index (Phi) is 4.33. The van der Waals surface area contributed by atoms with Gasteiger partial charge in [0.25, 0.3) is 0 Å². The van der Waals surface area contributed by atoms with Gasteiger partial charge in [-0.25, -0.2) is 0 Å². The van der Waals surface area contributed by atoms with Gasteiger partial charge >= 0.3 is 0 Å². The van der Waals surface area contributed by atoms with Gasteiger partial charge in [-0.2, -0.15) is 0 Å². The van der Waals surface area contributed by atoms with E-state index in [0.717, 1.165) is 5.71 Å². The van der Waals surface area contributed by atoms with Gasteiger partial charge in [0, 0.05) is 12.8 Å². The Bertz CT molecular complexity index is 285. The molecule has 0 aliphatic rings. The molecule has 0 aliphatic carbocycles. The van der Waals surface area contributed by atoms with Crippen molar-refractivity contribution in [2.24, 2.45) is 15.8 Å². The fraction of sp³-hybridized carbons (Fsp3) is 0.786. The van der Waals surface area contributed by atoms with Crippen LogP contribution in [0.15, 0.2) is 16.1 Å². The van der Waals surface area contributed by atoms with Gasteiger partial charge in [-0.1, -0.05) is 40.2 Å². The second-order valence-corrected chi connectivity index (χ2v) is 5.93. The van der Waals surface area contributed by atoms with E-state index >= 15 is 0 Å². The van der Waals surface area contributed by atoms with Crippen molar-refractivity contribution >= 4 is 5.71 Å². The van der Waals surface area contributed by atoms with Crippen LogP contribution < -0.4 is 0 Å². The molecule has 0 aliphatic heterocycles. The minimum absolute atomic E-state index is 0.197. The SMILES string of the molecule is C/N=C(C)\C(C)=C(\C)C(C)(C)C(C)(C)C. The van der Waals surface area contributed by atoms with Crippen LogP contribution in [-0.4, -0.2) is 12.8 Å². The minimum atomic E-state index is 0.197. The summed E-state index contributed by atoms with van der Waals surface area (Å²) in [5, 5.41) is 0. The fourth-order valence-corrected chi connectivity index (χ4v) is 1.47. The summed E-state index contributed by atoms with van der Waals surface area (Å²) in [6.45, 7) is 18.0. The van der Waals surface area contributed by atoms with E-state index in [1.165, 1.54) is 11.1 Å². The molecule has 0 heterocycles. The van der Waals surface area contributed by atoms with Gasteiger partial charge in [0.05, 0.1) is 0 Å². The average Bonchev–Trinajstić information content (AvgIpc) is 2.12. The second kappa shape index (κ2) is 4.51. The highest BCUT2D eigenvalue weighted by Crippen LogP contribution is 2.44. The van der Waals surface area contributed by atoms with Crippen LogP contribution in [0.3, 0.4) is 0 Å². The van der Waals surface area contributed by atoms with E-state index in [2.05, 4.69) is 60.4 Å². The Morgan fingerprint density at radius 3 is 1.53 bits per heavy atom. The molecule has 1 heteroatoms. The molecule has 0 saturated heterocycles. The number of nitrogens with zero attached hydrogens (tertiary/aromatic N) is 1. The Balaban J connectivity index is 5.43. The van der Waals surface area contributed by atoms with Gasteiger partial charge < -0.3 is 0 Å². The standard InChI is InChI=1S/C14H27N/c1-10(12(3)15-9)11(2)14(7,8)13(4,5)6/h1-9H3/b11-10-,15-12-. The first kappa shape index (κ1) is 14.4. The van der Waals surface area contributed by atoms with E-state index in [1.807, 2.05) is 7.05 Å². The first-order valence-corrected chi connectivity index (χ1v) is 5.67. The van der Waals surface area contributed by atoms with Gasteiger partial charge in [0.15, 0.2) is 0 Å². The van der Waals surface area contributed by atoms with Crippen LogP contribution in [0.4, 0.5) is 0 Å². The zero-order chi connectivity index (χ0) is 12.4. The highest BCUT2D eigenvalue weighted by molar-refractivity contribution is 5.98. The summed E-state index contributed by atoms with van der Waals surface area (Å²) >= 11 is 0. The van der Waals surface area contributed by atoms with E-state index in [4.69, 9.17) is 0 Å². The third-order valence-electron chi connectivity index (χ3n) is 4.25. The maximum Gasteiger partial charge on any atom is 0.0342 e. The van der Waals surface area contributed by atoms with Gasteiger partial charge in [-0.05, 0) is 37.2 Å². The number of rotatable bonds is 2. The molecule has 1 nitrogen and oxygen atoms in total. The largest absolute Gasteiger partial charge is 0.293 e. The molecule has 0 amide bonds. The Morgan fingerprint density at radius 1 is 0.867 bits per heavy atom. The number of hydrogen-bond donors (Lipinski definition) is 0. The van der Waals surface area contributed by atoms with E-state index in [1.54, 1.807) is 0 Å². The van der Waals surface area contributed by atoms with Crippen LogP contribution in [0.1, 0.15) is 55.4 Å². The first-order valence-electron chi connectivity index (χ1n) is 5.67. The number of allylic oxidation sites excluding steroid dienone is 2. The van der Waals surface area contributed by atoms with Crippen molar-refractivity contribution in [3.05, 3.63) is 11.1 Å². The minimum Gasteiger partial charge on any atom is -0.293 e. The van der Waals surface area contributed by atoms with Crippen LogP contribution in [-0.2, 0) is 0 Å². The molecule has 0 aromatic carbocycles. The van der Waals surface area contributed by atoms with Gasteiger partial charge in [-0.3, -0.25) is 4.99 Å². The van der Waals surface area contributed by atoms with Crippen molar-refractivity contribution in [3.8, 4) is 0 Å². The summed E-state index contributed by atoms with van der Waals surface area (Å²) in [6, 6.07) is 0.